The third-order valence-electron chi connectivity index (χ3n) is 3.11. The van der Waals surface area contributed by atoms with Crippen LogP contribution in [0.4, 0.5) is 4.39 Å². The lowest BCUT2D eigenvalue weighted by molar-refractivity contribution is 0.0683. The fraction of sp³-hybridized carbons (Fsp3) is 0.462. The van der Waals surface area contributed by atoms with E-state index in [1.165, 1.54) is 18.2 Å². The van der Waals surface area contributed by atoms with Crippen LogP contribution in [0.5, 0.6) is 0 Å². The molecule has 0 aromatic heterocycles. The number of hydrogen-bond acceptors (Lipinski definition) is 1. The van der Waals surface area contributed by atoms with Crippen molar-refractivity contribution in [3.8, 4) is 0 Å². The van der Waals surface area contributed by atoms with Crippen molar-refractivity contribution in [1.29, 1.82) is 0 Å². The molecule has 1 amide bonds. The first-order valence-electron chi connectivity index (χ1n) is 5.82. The molecule has 4 heteroatoms. The van der Waals surface area contributed by atoms with E-state index in [1.807, 2.05) is 0 Å². The normalized spacial score (nSPS) is 20.4. The van der Waals surface area contributed by atoms with Crippen LogP contribution >= 0.6 is 11.6 Å². The first kappa shape index (κ1) is 12.4. The van der Waals surface area contributed by atoms with Crippen LogP contribution in [0.25, 0.3) is 0 Å². The fourth-order valence-corrected chi connectivity index (χ4v) is 2.46. The van der Waals surface area contributed by atoms with Crippen LogP contribution in [0.3, 0.4) is 0 Å². The molecule has 1 unspecified atom stereocenters. The van der Waals surface area contributed by atoms with Gasteiger partial charge in [0.2, 0.25) is 0 Å². The molecular formula is C13H15ClFNO. The van der Waals surface area contributed by atoms with E-state index in [0.717, 1.165) is 25.9 Å². The zero-order valence-corrected chi connectivity index (χ0v) is 10.5. The minimum atomic E-state index is -0.418. The highest BCUT2D eigenvalue weighted by Crippen LogP contribution is 2.22. The smallest absolute Gasteiger partial charge is 0.255 e. The van der Waals surface area contributed by atoms with Crippen molar-refractivity contribution in [1.82, 2.24) is 4.90 Å². The number of hydrogen-bond donors (Lipinski definition) is 0. The minimum Gasteiger partial charge on any atom is -0.338 e. The number of piperidine rings is 1. The average Bonchev–Trinajstić information content (AvgIpc) is 2.28. The molecule has 1 aromatic rings. The quantitative estimate of drug-likeness (QED) is 0.754. The molecule has 2 nitrogen and oxygen atoms in total. The Hall–Kier alpha value is -1.09. The van der Waals surface area contributed by atoms with Gasteiger partial charge in [-0.05, 0) is 37.0 Å². The van der Waals surface area contributed by atoms with E-state index >= 15 is 0 Å². The molecule has 1 fully saturated rings. The summed E-state index contributed by atoms with van der Waals surface area (Å²) in [4.78, 5) is 14.0. The van der Waals surface area contributed by atoms with Crippen LogP contribution < -0.4 is 0 Å². The Morgan fingerprint density at radius 1 is 1.53 bits per heavy atom. The van der Waals surface area contributed by atoms with E-state index < -0.39 is 5.82 Å². The summed E-state index contributed by atoms with van der Waals surface area (Å²) in [5.74, 6) is 0.00651. The Kier molecular flexibility index (Phi) is 3.67. The van der Waals surface area contributed by atoms with E-state index in [9.17, 15) is 9.18 Å². The number of amides is 1. The first-order valence-corrected chi connectivity index (χ1v) is 6.20. The third-order valence-corrected chi connectivity index (χ3v) is 3.42. The molecule has 0 N–H and O–H groups in total. The predicted octanol–water partition coefficient (Wildman–Crippen LogP) is 3.35. The molecule has 2 rings (SSSR count). The van der Waals surface area contributed by atoms with Crippen LogP contribution in [-0.4, -0.2) is 23.9 Å². The molecule has 1 aliphatic heterocycles. The molecule has 17 heavy (non-hydrogen) atoms. The molecule has 1 aromatic carbocycles. The molecule has 1 saturated heterocycles. The summed E-state index contributed by atoms with van der Waals surface area (Å²) in [5, 5.41) is 0.188. The van der Waals surface area contributed by atoms with E-state index in [-0.39, 0.29) is 10.9 Å². The molecule has 0 saturated carbocycles. The Bertz CT molecular complexity index is 435. The van der Waals surface area contributed by atoms with Gasteiger partial charge in [-0.15, -0.1) is 0 Å². The number of carbonyl (C=O) groups is 1. The minimum absolute atomic E-state index is 0.0958. The van der Waals surface area contributed by atoms with Gasteiger partial charge in [-0.2, -0.15) is 0 Å². The van der Waals surface area contributed by atoms with Crippen molar-refractivity contribution < 1.29 is 9.18 Å². The zero-order chi connectivity index (χ0) is 12.4. The summed E-state index contributed by atoms with van der Waals surface area (Å²) >= 11 is 5.89. The van der Waals surface area contributed by atoms with E-state index in [1.54, 1.807) is 4.90 Å². The summed E-state index contributed by atoms with van der Waals surface area (Å²) in [6, 6.07) is 3.91. The summed E-state index contributed by atoms with van der Waals surface area (Å²) in [7, 11) is 0. The molecule has 0 bridgehead atoms. The van der Waals surface area contributed by atoms with Crippen LogP contribution in [0.15, 0.2) is 18.2 Å². The third kappa shape index (κ3) is 2.78. The molecular weight excluding hydrogens is 241 g/mol. The molecule has 0 aliphatic carbocycles. The standard InChI is InChI=1S/C13H15ClFNO/c1-9-3-2-6-16(8-9)13(17)11-5-4-10(15)7-12(11)14/h4-5,7,9H,2-3,6,8H2,1H3. The maximum atomic E-state index is 12.9. The van der Waals surface area contributed by atoms with Gasteiger partial charge in [-0.25, -0.2) is 4.39 Å². The van der Waals surface area contributed by atoms with Gasteiger partial charge in [-0.3, -0.25) is 4.79 Å². The lowest BCUT2D eigenvalue weighted by Gasteiger charge is -2.31. The van der Waals surface area contributed by atoms with Crippen LogP contribution in [0.2, 0.25) is 5.02 Å². The van der Waals surface area contributed by atoms with Gasteiger partial charge >= 0.3 is 0 Å². The van der Waals surface area contributed by atoms with Gasteiger partial charge in [0.15, 0.2) is 0 Å². The van der Waals surface area contributed by atoms with Gasteiger partial charge < -0.3 is 4.90 Å². The molecule has 92 valence electrons. The number of carbonyl (C=O) groups excluding carboxylic acids is 1. The van der Waals surface area contributed by atoms with Gasteiger partial charge in [0, 0.05) is 13.1 Å². The van der Waals surface area contributed by atoms with Gasteiger partial charge in [0.1, 0.15) is 5.82 Å². The van der Waals surface area contributed by atoms with Gasteiger partial charge in [-0.1, -0.05) is 18.5 Å². The Morgan fingerprint density at radius 3 is 2.94 bits per heavy atom. The summed E-state index contributed by atoms with van der Waals surface area (Å²) in [6.45, 7) is 3.65. The SMILES string of the molecule is CC1CCCN(C(=O)c2ccc(F)cc2Cl)C1. The second-order valence-corrected chi connectivity index (χ2v) is 5.03. The number of rotatable bonds is 1. The summed E-state index contributed by atoms with van der Waals surface area (Å²) < 4.78 is 12.9. The summed E-state index contributed by atoms with van der Waals surface area (Å²) in [6.07, 6.45) is 2.17. The van der Waals surface area contributed by atoms with Crippen molar-refractivity contribution in [2.24, 2.45) is 5.92 Å². The molecule has 1 aliphatic rings. The monoisotopic (exact) mass is 255 g/mol. The van der Waals surface area contributed by atoms with Crippen LogP contribution in [0.1, 0.15) is 30.1 Å². The largest absolute Gasteiger partial charge is 0.338 e. The number of likely N-dealkylation sites (tertiary alicyclic amines) is 1. The summed E-state index contributed by atoms with van der Waals surface area (Å²) in [5.41, 5.74) is 0.391. The van der Waals surface area contributed by atoms with Crippen molar-refractivity contribution in [3.63, 3.8) is 0 Å². The van der Waals surface area contributed by atoms with Crippen molar-refractivity contribution in [3.05, 3.63) is 34.6 Å². The maximum Gasteiger partial charge on any atom is 0.255 e. The van der Waals surface area contributed by atoms with Crippen molar-refractivity contribution in [2.45, 2.75) is 19.8 Å². The zero-order valence-electron chi connectivity index (χ0n) is 9.75. The Balaban J connectivity index is 2.18. The second kappa shape index (κ2) is 5.05. The van der Waals surface area contributed by atoms with Crippen molar-refractivity contribution >= 4 is 17.5 Å². The van der Waals surface area contributed by atoms with Gasteiger partial charge in [0.05, 0.1) is 10.6 Å². The first-order chi connectivity index (χ1) is 8.08. The Labute approximate surface area is 105 Å². The lowest BCUT2D eigenvalue weighted by Crippen LogP contribution is -2.39. The van der Waals surface area contributed by atoms with Crippen LogP contribution in [0, 0.1) is 11.7 Å². The number of nitrogens with zero attached hydrogens (tertiary/aromatic N) is 1. The number of benzene rings is 1. The van der Waals surface area contributed by atoms with Crippen LogP contribution in [-0.2, 0) is 0 Å². The highest BCUT2D eigenvalue weighted by atomic mass is 35.5. The topological polar surface area (TPSA) is 20.3 Å². The van der Waals surface area contributed by atoms with E-state index in [4.69, 9.17) is 11.6 Å². The van der Waals surface area contributed by atoms with Crippen molar-refractivity contribution in [2.75, 3.05) is 13.1 Å². The highest BCUT2D eigenvalue weighted by Gasteiger charge is 2.23. The number of halogens is 2. The average molecular weight is 256 g/mol. The highest BCUT2D eigenvalue weighted by molar-refractivity contribution is 6.33. The molecule has 1 atom stereocenters. The lowest BCUT2D eigenvalue weighted by atomic mass is 9.99. The maximum absolute atomic E-state index is 12.9. The second-order valence-electron chi connectivity index (χ2n) is 4.62. The van der Waals surface area contributed by atoms with Gasteiger partial charge in [0.25, 0.3) is 5.91 Å². The molecule has 0 radical (unpaired) electrons. The fourth-order valence-electron chi connectivity index (χ4n) is 2.21. The molecule has 1 heterocycles. The van der Waals surface area contributed by atoms with E-state index in [2.05, 4.69) is 6.92 Å². The Morgan fingerprint density at radius 2 is 2.29 bits per heavy atom. The van der Waals surface area contributed by atoms with E-state index in [0.29, 0.717) is 11.5 Å². The molecule has 0 spiro atoms. The predicted molar refractivity (Wildman–Crippen MR) is 65.7 cm³/mol.